The van der Waals surface area contributed by atoms with E-state index in [1.54, 1.807) is 13.1 Å². The summed E-state index contributed by atoms with van der Waals surface area (Å²) in [6.07, 6.45) is 1.73. The molecule has 0 N–H and O–H groups in total. The molecular weight excluding hydrogens is 462 g/mol. The minimum Gasteiger partial charge on any atom is -0.457 e. The number of amides is 1. The van der Waals surface area contributed by atoms with Crippen LogP contribution in [0.15, 0.2) is 86.4 Å². The zero-order valence-corrected chi connectivity index (χ0v) is 19.2. The Morgan fingerprint density at radius 3 is 2.69 bits per heavy atom. The first-order valence-corrected chi connectivity index (χ1v) is 11.8. The molecule has 0 radical (unpaired) electrons. The summed E-state index contributed by atoms with van der Waals surface area (Å²) in [6, 6.07) is 21.1. The normalized spacial score (nSPS) is 16.4. The van der Waals surface area contributed by atoms with E-state index in [2.05, 4.69) is 9.98 Å². The molecule has 2 aromatic carbocycles. The van der Waals surface area contributed by atoms with Crippen molar-refractivity contribution in [1.82, 2.24) is 9.88 Å². The molecular formula is C24H16ClN3O2S2. The fraction of sp³-hybridized carbons (Fsp3) is 0.0417. The lowest BCUT2D eigenvalue weighted by Crippen LogP contribution is -2.23. The van der Waals surface area contributed by atoms with E-state index in [0.717, 1.165) is 16.8 Å². The number of thiazole rings is 1. The Hall–Kier alpha value is -3.13. The summed E-state index contributed by atoms with van der Waals surface area (Å²) in [7, 11) is 1.71. The second kappa shape index (κ2) is 8.78. The van der Waals surface area contributed by atoms with Crippen molar-refractivity contribution in [2.24, 2.45) is 4.99 Å². The van der Waals surface area contributed by atoms with Gasteiger partial charge in [0.25, 0.3) is 5.91 Å². The molecule has 32 heavy (non-hydrogen) atoms. The Morgan fingerprint density at radius 2 is 1.88 bits per heavy atom. The number of nitrogens with zero attached hydrogens (tertiary/aromatic N) is 3. The molecule has 1 amide bonds. The molecule has 0 bridgehead atoms. The van der Waals surface area contributed by atoms with Crippen molar-refractivity contribution in [2.45, 2.75) is 0 Å². The minimum absolute atomic E-state index is 0.130. The number of carbonyl (C=O) groups is 1. The molecule has 2 aromatic heterocycles. The maximum atomic E-state index is 12.7. The molecule has 158 valence electrons. The summed E-state index contributed by atoms with van der Waals surface area (Å²) in [5, 5.41) is 3.79. The highest BCUT2D eigenvalue weighted by atomic mass is 35.5. The second-order valence-electron chi connectivity index (χ2n) is 6.96. The fourth-order valence-electron chi connectivity index (χ4n) is 3.15. The fourth-order valence-corrected chi connectivity index (χ4v) is 5.04. The highest BCUT2D eigenvalue weighted by Gasteiger charge is 2.31. The van der Waals surface area contributed by atoms with Crippen LogP contribution in [0.4, 0.5) is 5.13 Å². The van der Waals surface area contributed by atoms with Gasteiger partial charge in [-0.2, -0.15) is 4.99 Å². The molecule has 5 nitrogen and oxygen atoms in total. The van der Waals surface area contributed by atoms with Gasteiger partial charge in [0.1, 0.15) is 11.5 Å². The standard InChI is InChI=1S/C24H16ClN3O2S2/c1-28-22(29)21(13-18-10-11-20(30-18)16-8-5-9-17(25)12-16)32-24(28)27-23-26-19(14-31-23)15-6-3-2-4-7-15/h2-14H,1H3/b21-13+,27-24+. The molecule has 5 rings (SSSR count). The lowest BCUT2D eigenvalue weighted by Gasteiger charge is -2.05. The lowest BCUT2D eigenvalue weighted by atomic mass is 10.2. The van der Waals surface area contributed by atoms with E-state index < -0.39 is 0 Å². The smallest absolute Gasteiger partial charge is 0.266 e. The summed E-state index contributed by atoms with van der Waals surface area (Å²) in [5.74, 6) is 1.15. The molecule has 8 heteroatoms. The Bertz CT molecular complexity index is 1360. The van der Waals surface area contributed by atoms with Gasteiger partial charge in [-0.25, -0.2) is 4.98 Å². The molecule has 1 aliphatic rings. The Kier molecular flexibility index (Phi) is 5.70. The van der Waals surface area contributed by atoms with Crippen molar-refractivity contribution < 1.29 is 9.21 Å². The van der Waals surface area contributed by atoms with Crippen LogP contribution in [0.1, 0.15) is 5.76 Å². The van der Waals surface area contributed by atoms with Crippen molar-refractivity contribution in [3.05, 3.63) is 87.8 Å². The van der Waals surface area contributed by atoms with E-state index in [1.807, 2.05) is 72.1 Å². The molecule has 0 aliphatic carbocycles. The van der Waals surface area contributed by atoms with E-state index >= 15 is 0 Å². The number of aliphatic imine (C=N–C) groups is 1. The molecule has 1 fully saturated rings. The van der Waals surface area contributed by atoms with Crippen molar-refractivity contribution >= 4 is 57.0 Å². The van der Waals surface area contributed by atoms with Crippen LogP contribution in [0.25, 0.3) is 28.7 Å². The van der Waals surface area contributed by atoms with E-state index in [4.69, 9.17) is 16.0 Å². The van der Waals surface area contributed by atoms with E-state index in [9.17, 15) is 4.79 Å². The first-order valence-electron chi connectivity index (χ1n) is 9.70. The highest BCUT2D eigenvalue weighted by molar-refractivity contribution is 8.18. The summed E-state index contributed by atoms with van der Waals surface area (Å²) >= 11 is 8.81. The van der Waals surface area contributed by atoms with Gasteiger partial charge in [0, 0.05) is 34.7 Å². The number of rotatable bonds is 4. The number of amidine groups is 1. The third kappa shape index (κ3) is 4.27. The Labute approximate surface area is 198 Å². The number of hydrogen-bond acceptors (Lipinski definition) is 6. The van der Waals surface area contributed by atoms with Crippen LogP contribution in [-0.4, -0.2) is 28.0 Å². The van der Waals surface area contributed by atoms with Crippen LogP contribution < -0.4 is 0 Å². The number of likely N-dealkylation sites (N-methyl/N-ethyl adjacent to an activating group) is 1. The molecule has 1 aliphatic heterocycles. The molecule has 3 heterocycles. The van der Waals surface area contributed by atoms with Crippen LogP contribution in [0, 0.1) is 0 Å². The molecule has 0 saturated carbocycles. The van der Waals surface area contributed by atoms with Crippen LogP contribution in [0.5, 0.6) is 0 Å². The summed E-state index contributed by atoms with van der Waals surface area (Å²) in [5.41, 5.74) is 2.78. The lowest BCUT2D eigenvalue weighted by molar-refractivity contribution is -0.121. The molecule has 4 aromatic rings. The van der Waals surface area contributed by atoms with Crippen molar-refractivity contribution in [3.8, 4) is 22.6 Å². The van der Waals surface area contributed by atoms with Gasteiger partial charge in [-0.15, -0.1) is 11.3 Å². The first-order chi connectivity index (χ1) is 15.6. The van der Waals surface area contributed by atoms with Crippen LogP contribution in [0.2, 0.25) is 5.02 Å². The molecule has 0 atom stereocenters. The van der Waals surface area contributed by atoms with E-state index in [-0.39, 0.29) is 5.91 Å². The molecule has 1 saturated heterocycles. The van der Waals surface area contributed by atoms with Crippen molar-refractivity contribution in [1.29, 1.82) is 0 Å². The number of carbonyl (C=O) groups excluding carboxylic acids is 1. The van der Waals surface area contributed by atoms with Crippen LogP contribution in [-0.2, 0) is 4.79 Å². The topological polar surface area (TPSA) is 58.7 Å². The largest absolute Gasteiger partial charge is 0.457 e. The number of hydrogen-bond donors (Lipinski definition) is 0. The summed E-state index contributed by atoms with van der Waals surface area (Å²) < 4.78 is 5.91. The third-order valence-corrected chi connectivity index (χ3v) is 6.80. The van der Waals surface area contributed by atoms with Crippen LogP contribution >= 0.6 is 34.7 Å². The van der Waals surface area contributed by atoms with Gasteiger partial charge in [0.15, 0.2) is 5.17 Å². The van der Waals surface area contributed by atoms with Gasteiger partial charge in [0.05, 0.1) is 10.6 Å². The number of thioether (sulfide) groups is 1. The Morgan fingerprint density at radius 1 is 1.06 bits per heavy atom. The van der Waals surface area contributed by atoms with Crippen molar-refractivity contribution in [3.63, 3.8) is 0 Å². The number of halogens is 1. The first kappa shape index (κ1) is 20.8. The number of furan rings is 1. The predicted molar refractivity (Wildman–Crippen MR) is 132 cm³/mol. The SMILES string of the molecule is CN1C(=O)/C(=C\c2ccc(-c3cccc(Cl)c3)o2)S/C1=N/c1nc(-c2ccccc2)cs1. The Balaban J connectivity index is 1.37. The van der Waals surface area contributed by atoms with Gasteiger partial charge >= 0.3 is 0 Å². The maximum absolute atomic E-state index is 12.7. The van der Waals surface area contributed by atoms with Crippen molar-refractivity contribution in [2.75, 3.05) is 7.05 Å². The second-order valence-corrected chi connectivity index (χ2v) is 9.24. The van der Waals surface area contributed by atoms with Gasteiger partial charge in [-0.1, -0.05) is 54.1 Å². The van der Waals surface area contributed by atoms with Crippen LogP contribution in [0.3, 0.4) is 0 Å². The quantitative estimate of drug-likeness (QED) is 0.298. The third-order valence-electron chi connectivity index (χ3n) is 4.77. The number of benzene rings is 2. The predicted octanol–water partition coefficient (Wildman–Crippen LogP) is 6.96. The average molecular weight is 478 g/mol. The molecule has 0 unspecified atom stereocenters. The highest BCUT2D eigenvalue weighted by Crippen LogP contribution is 2.35. The minimum atomic E-state index is -0.130. The molecule has 0 spiro atoms. The zero-order valence-electron chi connectivity index (χ0n) is 16.9. The monoisotopic (exact) mass is 477 g/mol. The van der Waals surface area contributed by atoms with Gasteiger partial charge in [-0.05, 0) is 36.0 Å². The van der Waals surface area contributed by atoms with Gasteiger partial charge in [0.2, 0.25) is 5.13 Å². The zero-order chi connectivity index (χ0) is 22.1. The van der Waals surface area contributed by atoms with E-state index in [1.165, 1.54) is 28.0 Å². The summed E-state index contributed by atoms with van der Waals surface area (Å²) in [4.78, 5) is 24.0. The summed E-state index contributed by atoms with van der Waals surface area (Å²) in [6.45, 7) is 0. The maximum Gasteiger partial charge on any atom is 0.266 e. The average Bonchev–Trinajstić information content (AvgIpc) is 3.52. The van der Waals surface area contributed by atoms with Gasteiger partial charge in [-0.3, -0.25) is 9.69 Å². The number of aromatic nitrogens is 1. The van der Waals surface area contributed by atoms with E-state index in [0.29, 0.717) is 31.7 Å². The van der Waals surface area contributed by atoms with Gasteiger partial charge < -0.3 is 4.42 Å².